The molecule has 168 valence electrons. The van der Waals surface area contributed by atoms with Crippen LogP contribution in [0.4, 0.5) is 0 Å². The molecule has 0 aromatic carbocycles. The van der Waals surface area contributed by atoms with Gasteiger partial charge in [0, 0.05) is 38.8 Å². The molecule has 3 aromatic heterocycles. The first kappa shape index (κ1) is 20.4. The van der Waals surface area contributed by atoms with Gasteiger partial charge in [-0.25, -0.2) is 0 Å². The first-order chi connectivity index (χ1) is 15.7. The van der Waals surface area contributed by atoms with Crippen molar-refractivity contribution >= 4 is 11.8 Å². The highest BCUT2D eigenvalue weighted by atomic mass is 16.5. The first-order valence-corrected chi connectivity index (χ1v) is 10.8. The van der Waals surface area contributed by atoms with E-state index in [1.54, 1.807) is 34.2 Å². The molecule has 11 nitrogen and oxygen atoms in total. The number of likely N-dealkylation sites (tertiary alicyclic amines) is 1. The standard InChI is InChI=1S/C21H25N7O4/c29-20(17-11-16(22-23-17)19-4-2-8-32-19)27-5-1-3-15(12-27)13-28-14-18(24-25-28)21(30)26-6-9-31-10-7-26/h2,4,8,11,14-15H,1,3,5-7,9-10,12-13H2,(H,22,23)/t15-/m0/s1. The van der Waals surface area contributed by atoms with Gasteiger partial charge in [-0.15, -0.1) is 5.10 Å². The van der Waals surface area contributed by atoms with Crippen molar-refractivity contribution in [1.82, 2.24) is 35.0 Å². The number of piperidine rings is 1. The number of carbonyl (C=O) groups is 2. The second kappa shape index (κ2) is 8.95. The molecule has 0 radical (unpaired) electrons. The van der Waals surface area contributed by atoms with Crippen LogP contribution in [0.5, 0.6) is 0 Å². The van der Waals surface area contributed by atoms with Gasteiger partial charge in [-0.3, -0.25) is 19.4 Å². The van der Waals surface area contributed by atoms with Gasteiger partial charge in [0.05, 0.1) is 25.7 Å². The molecular weight excluding hydrogens is 414 g/mol. The van der Waals surface area contributed by atoms with E-state index in [-0.39, 0.29) is 17.7 Å². The summed E-state index contributed by atoms with van der Waals surface area (Å²) in [6, 6.07) is 5.32. The Bertz CT molecular complexity index is 1070. The molecule has 0 spiro atoms. The fourth-order valence-electron chi connectivity index (χ4n) is 4.23. The number of aromatic amines is 1. The van der Waals surface area contributed by atoms with Crippen molar-refractivity contribution in [2.75, 3.05) is 39.4 Å². The number of carbonyl (C=O) groups excluding carboxylic acids is 2. The van der Waals surface area contributed by atoms with Gasteiger partial charge in [0.15, 0.2) is 17.1 Å². The molecule has 32 heavy (non-hydrogen) atoms. The van der Waals surface area contributed by atoms with E-state index in [2.05, 4.69) is 20.5 Å². The van der Waals surface area contributed by atoms with Gasteiger partial charge in [0.2, 0.25) is 0 Å². The highest BCUT2D eigenvalue weighted by Crippen LogP contribution is 2.22. The van der Waals surface area contributed by atoms with Gasteiger partial charge < -0.3 is 19.0 Å². The predicted octanol–water partition coefficient (Wildman–Crippen LogP) is 1.29. The Balaban J connectivity index is 1.20. The van der Waals surface area contributed by atoms with Crippen molar-refractivity contribution in [2.45, 2.75) is 19.4 Å². The zero-order chi connectivity index (χ0) is 21.9. The molecule has 5 rings (SSSR count). The molecule has 5 heterocycles. The fourth-order valence-corrected chi connectivity index (χ4v) is 4.23. The van der Waals surface area contributed by atoms with Gasteiger partial charge in [-0.1, -0.05) is 5.21 Å². The predicted molar refractivity (Wildman–Crippen MR) is 112 cm³/mol. The number of nitrogens with one attached hydrogen (secondary N) is 1. The lowest BCUT2D eigenvalue weighted by Gasteiger charge is -2.32. The molecule has 2 saturated heterocycles. The van der Waals surface area contributed by atoms with Gasteiger partial charge in [0.1, 0.15) is 5.69 Å². The molecule has 0 saturated carbocycles. The van der Waals surface area contributed by atoms with Crippen LogP contribution in [-0.2, 0) is 11.3 Å². The SMILES string of the molecule is O=C(c1cn(C[C@H]2CCCN(C(=O)c3cc(-c4ccco4)[nH]n3)C2)nn1)N1CCOCC1. The third-order valence-corrected chi connectivity index (χ3v) is 5.89. The van der Waals surface area contributed by atoms with Gasteiger partial charge >= 0.3 is 0 Å². The number of rotatable bonds is 5. The van der Waals surface area contributed by atoms with E-state index < -0.39 is 0 Å². The topological polar surface area (TPSA) is 122 Å². The van der Waals surface area contributed by atoms with E-state index in [1.807, 2.05) is 11.0 Å². The smallest absolute Gasteiger partial charge is 0.276 e. The molecule has 0 bridgehead atoms. The van der Waals surface area contributed by atoms with Crippen LogP contribution in [0.2, 0.25) is 0 Å². The zero-order valence-electron chi connectivity index (χ0n) is 17.6. The molecule has 0 aliphatic carbocycles. The number of morpholine rings is 1. The molecule has 3 aromatic rings. The Kier molecular flexibility index (Phi) is 5.71. The van der Waals surface area contributed by atoms with Crippen LogP contribution in [0, 0.1) is 5.92 Å². The van der Waals surface area contributed by atoms with E-state index in [9.17, 15) is 9.59 Å². The Morgan fingerprint density at radius 2 is 1.97 bits per heavy atom. The Labute approximate surface area is 184 Å². The lowest BCUT2D eigenvalue weighted by atomic mass is 9.97. The Morgan fingerprint density at radius 1 is 1.12 bits per heavy atom. The number of nitrogens with zero attached hydrogens (tertiary/aromatic N) is 6. The number of amides is 2. The molecule has 1 N–H and O–H groups in total. The average Bonchev–Trinajstić information content (AvgIpc) is 3.60. The summed E-state index contributed by atoms with van der Waals surface area (Å²) >= 11 is 0. The maximum absolute atomic E-state index is 13.0. The zero-order valence-corrected chi connectivity index (χ0v) is 17.6. The van der Waals surface area contributed by atoms with Gasteiger partial charge in [0.25, 0.3) is 11.8 Å². The Morgan fingerprint density at radius 3 is 2.78 bits per heavy atom. The normalized spacial score (nSPS) is 19.3. The van der Waals surface area contributed by atoms with E-state index >= 15 is 0 Å². The number of aromatic nitrogens is 5. The molecule has 2 aliphatic heterocycles. The summed E-state index contributed by atoms with van der Waals surface area (Å²) in [5.41, 5.74) is 1.39. The quantitative estimate of drug-likeness (QED) is 0.635. The van der Waals surface area contributed by atoms with E-state index in [1.165, 1.54) is 0 Å². The molecule has 11 heteroatoms. The second-order valence-corrected chi connectivity index (χ2v) is 8.13. The summed E-state index contributed by atoms with van der Waals surface area (Å²) in [5, 5.41) is 15.2. The molecule has 2 aliphatic rings. The van der Waals surface area contributed by atoms with Crippen LogP contribution in [0.1, 0.15) is 33.8 Å². The number of H-pyrrole nitrogens is 1. The summed E-state index contributed by atoms with van der Waals surface area (Å²) in [6.07, 6.45) is 5.16. The molecule has 2 fully saturated rings. The van der Waals surface area contributed by atoms with Crippen LogP contribution in [0.15, 0.2) is 35.1 Å². The summed E-state index contributed by atoms with van der Waals surface area (Å²) in [5.74, 6) is 0.641. The van der Waals surface area contributed by atoms with Crippen LogP contribution in [0.3, 0.4) is 0 Å². The third kappa shape index (κ3) is 4.28. The van der Waals surface area contributed by atoms with Crippen LogP contribution in [-0.4, -0.2) is 86.2 Å². The molecule has 1 atom stereocenters. The van der Waals surface area contributed by atoms with E-state index in [0.29, 0.717) is 68.8 Å². The number of hydrogen-bond donors (Lipinski definition) is 1. The minimum Gasteiger partial charge on any atom is -0.463 e. The minimum absolute atomic E-state index is 0.106. The molecular formula is C21H25N7O4. The summed E-state index contributed by atoms with van der Waals surface area (Å²) in [6.45, 7) is 4.13. The van der Waals surface area contributed by atoms with Crippen LogP contribution in [0.25, 0.3) is 11.5 Å². The lowest BCUT2D eigenvalue weighted by molar-refractivity contribution is 0.0299. The highest BCUT2D eigenvalue weighted by Gasteiger charge is 2.27. The van der Waals surface area contributed by atoms with Crippen molar-refractivity contribution in [3.8, 4) is 11.5 Å². The molecule has 0 unspecified atom stereocenters. The van der Waals surface area contributed by atoms with E-state index in [0.717, 1.165) is 12.8 Å². The maximum Gasteiger partial charge on any atom is 0.276 e. The number of hydrogen-bond acceptors (Lipinski definition) is 7. The summed E-state index contributed by atoms with van der Waals surface area (Å²) in [7, 11) is 0. The van der Waals surface area contributed by atoms with E-state index in [4.69, 9.17) is 9.15 Å². The van der Waals surface area contributed by atoms with Crippen molar-refractivity contribution in [1.29, 1.82) is 0 Å². The highest BCUT2D eigenvalue weighted by molar-refractivity contribution is 5.93. The van der Waals surface area contributed by atoms with Crippen molar-refractivity contribution in [2.24, 2.45) is 5.92 Å². The largest absolute Gasteiger partial charge is 0.463 e. The van der Waals surface area contributed by atoms with Crippen molar-refractivity contribution in [3.05, 3.63) is 42.0 Å². The minimum atomic E-state index is -0.120. The second-order valence-electron chi connectivity index (χ2n) is 8.13. The van der Waals surface area contributed by atoms with Crippen molar-refractivity contribution < 1.29 is 18.7 Å². The van der Waals surface area contributed by atoms with Crippen molar-refractivity contribution in [3.63, 3.8) is 0 Å². The molecule has 2 amide bonds. The van der Waals surface area contributed by atoms with Crippen LogP contribution < -0.4 is 0 Å². The maximum atomic E-state index is 13.0. The first-order valence-electron chi connectivity index (χ1n) is 10.8. The Hall–Kier alpha value is -3.47. The van der Waals surface area contributed by atoms with Crippen LogP contribution >= 0.6 is 0 Å². The average molecular weight is 439 g/mol. The number of furan rings is 1. The lowest BCUT2D eigenvalue weighted by Crippen LogP contribution is -2.41. The monoisotopic (exact) mass is 439 g/mol. The number of ether oxygens (including phenoxy) is 1. The fraction of sp³-hybridized carbons (Fsp3) is 0.476. The third-order valence-electron chi connectivity index (χ3n) is 5.89. The van der Waals surface area contributed by atoms with Gasteiger partial charge in [-0.2, -0.15) is 5.10 Å². The van der Waals surface area contributed by atoms with Gasteiger partial charge in [-0.05, 0) is 30.9 Å². The summed E-state index contributed by atoms with van der Waals surface area (Å²) < 4.78 is 12.4. The summed E-state index contributed by atoms with van der Waals surface area (Å²) in [4.78, 5) is 29.1.